The van der Waals surface area contributed by atoms with Crippen molar-refractivity contribution >= 4 is 12.0 Å². The number of carbonyl (C=O) groups excluding carboxylic acids is 2. The largest absolute Gasteiger partial charge is 0.484 e. The molecule has 1 aliphatic rings. The Labute approximate surface area is 178 Å². The third kappa shape index (κ3) is 4.97. The number of likely N-dealkylation sites (tertiary alicyclic amines) is 1. The highest BCUT2D eigenvalue weighted by atomic mass is 16.6. The highest BCUT2D eigenvalue weighted by Gasteiger charge is 2.32. The second-order valence-electron chi connectivity index (χ2n) is 6.96. The van der Waals surface area contributed by atoms with E-state index >= 15 is 0 Å². The van der Waals surface area contributed by atoms with Gasteiger partial charge in [-0.05, 0) is 37.5 Å². The van der Waals surface area contributed by atoms with Crippen molar-refractivity contribution in [2.45, 2.75) is 25.3 Å². The quantitative estimate of drug-likeness (QED) is 0.640. The summed E-state index contributed by atoms with van der Waals surface area (Å²) in [5.74, 6) is 1.16. The van der Waals surface area contributed by atoms with Gasteiger partial charge in [-0.3, -0.25) is 4.79 Å². The molecule has 2 aromatic heterocycles. The number of aromatic nitrogens is 3. The minimum absolute atomic E-state index is 0.0314. The minimum atomic E-state index is -0.965. The van der Waals surface area contributed by atoms with Crippen LogP contribution in [0.15, 0.2) is 53.2 Å². The molecular weight excluding hydrogens is 402 g/mol. The predicted octanol–water partition coefficient (Wildman–Crippen LogP) is 2.72. The molecule has 0 spiro atoms. The topological polar surface area (TPSA) is 134 Å². The van der Waals surface area contributed by atoms with Crippen molar-refractivity contribution in [3.8, 4) is 23.0 Å². The van der Waals surface area contributed by atoms with Crippen LogP contribution in [0.2, 0.25) is 0 Å². The first-order valence-electron chi connectivity index (χ1n) is 9.85. The molecule has 3 aromatic rings. The lowest BCUT2D eigenvalue weighted by Gasteiger charge is -2.33. The van der Waals surface area contributed by atoms with E-state index in [1.807, 2.05) is 18.2 Å². The third-order valence-corrected chi connectivity index (χ3v) is 4.85. The van der Waals surface area contributed by atoms with Crippen LogP contribution < -0.4 is 15.2 Å². The first kappa shape index (κ1) is 20.3. The number of primary amides is 1. The molecule has 1 saturated heterocycles. The number of nitrogens with zero attached hydrogens (tertiary/aromatic N) is 4. The van der Waals surface area contributed by atoms with E-state index in [0.29, 0.717) is 36.0 Å². The molecule has 10 heteroatoms. The summed E-state index contributed by atoms with van der Waals surface area (Å²) in [7, 11) is 0. The van der Waals surface area contributed by atoms with Crippen LogP contribution >= 0.6 is 0 Å². The fourth-order valence-electron chi connectivity index (χ4n) is 3.43. The van der Waals surface area contributed by atoms with Crippen molar-refractivity contribution in [2.75, 3.05) is 13.2 Å². The molecule has 0 radical (unpaired) electrons. The van der Waals surface area contributed by atoms with Crippen LogP contribution in [-0.4, -0.2) is 45.2 Å². The molecule has 0 saturated carbocycles. The lowest BCUT2D eigenvalue weighted by Crippen LogP contribution is -2.41. The van der Waals surface area contributed by atoms with Crippen molar-refractivity contribution in [3.05, 3.63) is 54.6 Å². The monoisotopic (exact) mass is 423 g/mol. The second-order valence-corrected chi connectivity index (χ2v) is 6.96. The van der Waals surface area contributed by atoms with Crippen molar-refractivity contribution < 1.29 is 23.6 Å². The van der Waals surface area contributed by atoms with Gasteiger partial charge in [-0.1, -0.05) is 23.4 Å². The van der Waals surface area contributed by atoms with Gasteiger partial charge in [0.2, 0.25) is 17.6 Å². The summed E-state index contributed by atoms with van der Waals surface area (Å²) in [6, 6.07) is 12.0. The molecule has 3 heterocycles. The summed E-state index contributed by atoms with van der Waals surface area (Å²) < 4.78 is 15.9. The summed E-state index contributed by atoms with van der Waals surface area (Å²) in [5.41, 5.74) is 5.57. The van der Waals surface area contributed by atoms with Crippen LogP contribution in [0.4, 0.5) is 4.79 Å². The number of hydrogen-bond donors (Lipinski definition) is 1. The van der Waals surface area contributed by atoms with E-state index < -0.39 is 6.09 Å². The van der Waals surface area contributed by atoms with Gasteiger partial charge in [0.05, 0.1) is 0 Å². The van der Waals surface area contributed by atoms with E-state index in [4.69, 9.17) is 19.7 Å². The summed E-state index contributed by atoms with van der Waals surface area (Å²) in [6.45, 7) is 0.519. The van der Waals surface area contributed by atoms with Gasteiger partial charge in [-0.25, -0.2) is 9.78 Å². The van der Waals surface area contributed by atoms with Gasteiger partial charge in [0.25, 0.3) is 5.91 Å². The molecule has 1 aromatic carbocycles. The lowest BCUT2D eigenvalue weighted by molar-refractivity contribution is -0.138. The Hall–Kier alpha value is -3.95. The molecule has 10 nitrogen and oxygen atoms in total. The summed E-state index contributed by atoms with van der Waals surface area (Å²) in [4.78, 5) is 33.8. The standard InChI is InChI=1S/C21H21N5O5/c22-21(28)30-17-12-14(9-10-23-17)19-24-20(31-25-19)16-8-4-5-11-26(16)18(27)13-29-15-6-2-1-3-7-15/h1-3,6-7,9-10,12,16H,4-5,8,11,13H2,(H2,22,28)/t16-/m1/s1. The Bertz CT molecular complexity index is 1060. The van der Waals surface area contributed by atoms with Crippen molar-refractivity contribution in [3.63, 3.8) is 0 Å². The Morgan fingerprint density at radius 1 is 1.19 bits per heavy atom. The van der Waals surface area contributed by atoms with Gasteiger partial charge < -0.3 is 24.6 Å². The fourth-order valence-corrected chi connectivity index (χ4v) is 3.43. The number of hydrogen-bond acceptors (Lipinski definition) is 8. The normalized spacial score (nSPS) is 16.0. The first-order valence-corrected chi connectivity index (χ1v) is 9.85. The van der Waals surface area contributed by atoms with E-state index in [2.05, 4.69) is 15.1 Å². The van der Waals surface area contributed by atoms with Crippen LogP contribution in [0.25, 0.3) is 11.4 Å². The number of pyridine rings is 1. The fraction of sp³-hybridized carbons (Fsp3) is 0.286. The van der Waals surface area contributed by atoms with E-state index in [9.17, 15) is 9.59 Å². The zero-order valence-electron chi connectivity index (χ0n) is 16.6. The van der Waals surface area contributed by atoms with Gasteiger partial charge in [0.15, 0.2) is 6.61 Å². The molecule has 1 atom stereocenters. The Morgan fingerprint density at radius 3 is 2.84 bits per heavy atom. The second kappa shape index (κ2) is 9.24. The van der Waals surface area contributed by atoms with Crippen LogP contribution in [0.5, 0.6) is 11.6 Å². The Kier molecular flexibility index (Phi) is 6.06. The van der Waals surface area contributed by atoms with Gasteiger partial charge in [0, 0.05) is 24.4 Å². The van der Waals surface area contributed by atoms with Crippen molar-refractivity contribution in [2.24, 2.45) is 5.73 Å². The van der Waals surface area contributed by atoms with E-state index in [1.54, 1.807) is 23.1 Å². The molecule has 0 bridgehead atoms. The molecule has 2 amide bonds. The number of nitrogens with two attached hydrogens (primary N) is 1. The molecule has 2 N–H and O–H groups in total. The molecule has 0 unspecified atom stereocenters. The average molecular weight is 423 g/mol. The van der Waals surface area contributed by atoms with E-state index in [1.165, 1.54) is 12.3 Å². The van der Waals surface area contributed by atoms with Gasteiger partial charge in [0.1, 0.15) is 11.8 Å². The zero-order chi connectivity index (χ0) is 21.6. The Balaban J connectivity index is 1.48. The summed E-state index contributed by atoms with van der Waals surface area (Å²) in [5, 5.41) is 4.01. The van der Waals surface area contributed by atoms with Crippen LogP contribution in [-0.2, 0) is 4.79 Å². The SMILES string of the molecule is NC(=O)Oc1cc(-c2noc([C@H]3CCCCN3C(=O)COc3ccccc3)n2)ccn1. The highest BCUT2D eigenvalue weighted by molar-refractivity contribution is 5.78. The maximum Gasteiger partial charge on any atom is 0.411 e. The van der Waals surface area contributed by atoms with Crippen LogP contribution in [0.1, 0.15) is 31.2 Å². The molecular formula is C21H21N5O5. The predicted molar refractivity (Wildman–Crippen MR) is 108 cm³/mol. The number of carbonyl (C=O) groups is 2. The third-order valence-electron chi connectivity index (χ3n) is 4.85. The number of benzene rings is 1. The van der Waals surface area contributed by atoms with Crippen molar-refractivity contribution in [1.82, 2.24) is 20.0 Å². The number of para-hydroxylation sites is 1. The molecule has 1 aliphatic heterocycles. The number of amides is 2. The lowest BCUT2D eigenvalue weighted by atomic mass is 10.0. The molecule has 0 aliphatic carbocycles. The number of rotatable bonds is 6. The minimum Gasteiger partial charge on any atom is -0.484 e. The molecule has 4 rings (SSSR count). The van der Waals surface area contributed by atoms with Gasteiger partial charge in [-0.15, -0.1) is 0 Å². The number of piperidine rings is 1. The number of ether oxygens (including phenoxy) is 2. The van der Waals surface area contributed by atoms with Crippen molar-refractivity contribution in [1.29, 1.82) is 0 Å². The Morgan fingerprint density at radius 2 is 2.03 bits per heavy atom. The smallest absolute Gasteiger partial charge is 0.411 e. The molecule has 31 heavy (non-hydrogen) atoms. The van der Waals surface area contributed by atoms with Crippen LogP contribution in [0.3, 0.4) is 0 Å². The van der Waals surface area contributed by atoms with Gasteiger partial charge >= 0.3 is 6.09 Å². The maximum atomic E-state index is 12.8. The summed E-state index contributed by atoms with van der Waals surface area (Å²) >= 11 is 0. The molecule has 1 fully saturated rings. The van der Waals surface area contributed by atoms with Gasteiger partial charge in [-0.2, -0.15) is 4.98 Å². The highest BCUT2D eigenvalue weighted by Crippen LogP contribution is 2.31. The first-order chi connectivity index (χ1) is 15.1. The average Bonchev–Trinajstić information content (AvgIpc) is 3.28. The zero-order valence-corrected chi connectivity index (χ0v) is 16.6. The van der Waals surface area contributed by atoms with E-state index in [-0.39, 0.29) is 24.4 Å². The van der Waals surface area contributed by atoms with Crippen LogP contribution in [0, 0.1) is 0 Å². The maximum absolute atomic E-state index is 12.8. The summed E-state index contributed by atoms with van der Waals surface area (Å²) in [6.07, 6.45) is 3.03. The van der Waals surface area contributed by atoms with E-state index in [0.717, 1.165) is 12.8 Å². The molecule has 160 valence electrons.